The molecule has 0 saturated heterocycles. The van der Waals surface area contributed by atoms with Gasteiger partial charge in [0.1, 0.15) is 13.6 Å². The Bertz CT molecular complexity index is 967. The van der Waals surface area contributed by atoms with Crippen LogP contribution in [0, 0.1) is 0 Å². The maximum absolute atomic E-state index is 13.2. The van der Waals surface area contributed by atoms with E-state index in [1.165, 1.54) is 76.0 Å². The van der Waals surface area contributed by atoms with Gasteiger partial charge in [0.15, 0.2) is 17.7 Å². The van der Waals surface area contributed by atoms with E-state index in [-0.39, 0.29) is 42.3 Å². The van der Waals surface area contributed by atoms with E-state index in [0.29, 0.717) is 23.7 Å². The minimum absolute atomic E-state index is 0. The molecule has 38 heavy (non-hydrogen) atoms. The van der Waals surface area contributed by atoms with Crippen molar-refractivity contribution >= 4 is 11.8 Å². The number of imide groups is 1. The topological polar surface area (TPSA) is 59.7 Å². The van der Waals surface area contributed by atoms with Crippen molar-refractivity contribution in [3.8, 4) is 11.5 Å². The van der Waals surface area contributed by atoms with E-state index in [4.69, 9.17) is 9.47 Å². The van der Waals surface area contributed by atoms with Crippen LogP contribution in [-0.4, -0.2) is 30.4 Å². The zero-order valence-corrected chi connectivity index (χ0v) is 26.0. The highest BCUT2D eigenvalue weighted by Gasteiger charge is 2.24. The molecule has 6 nitrogen and oxygen atoms in total. The highest BCUT2D eigenvalue weighted by Crippen LogP contribution is 2.29. The molecule has 1 heterocycles. The predicted molar refractivity (Wildman–Crippen MR) is 148 cm³/mol. The number of hydrogen-bond acceptors (Lipinski definition) is 4. The minimum Gasteiger partial charge on any atom is -1.00 e. The second-order valence-electron chi connectivity index (χ2n) is 9.82. The summed E-state index contributed by atoms with van der Waals surface area (Å²) in [5.41, 5.74) is 1.25. The number of carbonyl (C=O) groups is 2. The lowest BCUT2D eigenvalue weighted by atomic mass is 10.1. The average Bonchev–Trinajstić information content (AvgIpc) is 2.90. The van der Waals surface area contributed by atoms with Gasteiger partial charge in [-0.2, -0.15) is 0 Å². The van der Waals surface area contributed by atoms with Gasteiger partial charge in [0.2, 0.25) is 11.6 Å². The van der Waals surface area contributed by atoms with Crippen molar-refractivity contribution in [2.45, 2.75) is 97.4 Å². The van der Waals surface area contributed by atoms with Crippen LogP contribution < -0.4 is 38.0 Å². The summed E-state index contributed by atoms with van der Waals surface area (Å²) in [4.78, 5) is 26.7. The van der Waals surface area contributed by atoms with Crippen LogP contribution in [0.25, 0.3) is 0 Å². The summed E-state index contributed by atoms with van der Waals surface area (Å²) in [5.74, 6) is 0.451. The fourth-order valence-electron chi connectivity index (χ4n) is 4.41. The highest BCUT2D eigenvalue weighted by molar-refractivity contribution is 6.04. The molecule has 0 unspecified atom stereocenters. The number of halogens is 1. The third-order valence-corrected chi connectivity index (χ3v) is 6.77. The molecule has 2 rings (SSSR count). The SMILES string of the molecule is CCCCCCCCCCCCCCOc1ccc(C(=O)N(Cc2cccc[n+]2C)C(C)=O)cc1OC.[I-]. The van der Waals surface area contributed by atoms with Crippen LogP contribution in [0.1, 0.15) is 107 Å². The molecule has 1 aromatic heterocycles. The lowest BCUT2D eigenvalue weighted by Gasteiger charge is -2.19. The van der Waals surface area contributed by atoms with Crippen molar-refractivity contribution in [3.05, 3.63) is 53.9 Å². The summed E-state index contributed by atoms with van der Waals surface area (Å²) < 4.78 is 13.3. The van der Waals surface area contributed by atoms with Gasteiger partial charge in [0.25, 0.3) is 5.91 Å². The van der Waals surface area contributed by atoms with E-state index in [1.807, 2.05) is 36.0 Å². The largest absolute Gasteiger partial charge is 1.00 e. The number of pyridine rings is 1. The summed E-state index contributed by atoms with van der Waals surface area (Å²) >= 11 is 0. The number of nitrogens with zero attached hydrogens (tertiary/aromatic N) is 2. The molecule has 0 N–H and O–H groups in total. The third kappa shape index (κ3) is 12.1. The first-order chi connectivity index (χ1) is 18.0. The van der Waals surface area contributed by atoms with Crippen LogP contribution in [0.5, 0.6) is 11.5 Å². The van der Waals surface area contributed by atoms with Crippen LogP contribution in [0.15, 0.2) is 42.6 Å². The molecular formula is C31H47IN2O4. The molecule has 0 bridgehead atoms. The van der Waals surface area contributed by atoms with E-state index in [2.05, 4.69) is 6.92 Å². The van der Waals surface area contributed by atoms with Crippen molar-refractivity contribution in [1.82, 2.24) is 4.90 Å². The average molecular weight is 639 g/mol. The van der Waals surface area contributed by atoms with Gasteiger partial charge in [-0.15, -0.1) is 0 Å². The number of ether oxygens (including phenoxy) is 2. The molecule has 1 aromatic carbocycles. The Hall–Kier alpha value is -2.16. The van der Waals surface area contributed by atoms with Crippen LogP contribution in [0.2, 0.25) is 0 Å². The molecule has 0 fully saturated rings. The number of aromatic nitrogens is 1. The second kappa shape index (κ2) is 19.8. The number of methoxy groups -OCH3 is 1. The Morgan fingerprint density at radius 3 is 2.00 bits per heavy atom. The second-order valence-corrected chi connectivity index (χ2v) is 9.82. The first kappa shape index (κ1) is 33.9. The predicted octanol–water partition coefficient (Wildman–Crippen LogP) is 3.79. The van der Waals surface area contributed by atoms with E-state index in [0.717, 1.165) is 18.5 Å². The number of carbonyl (C=O) groups excluding carboxylic acids is 2. The lowest BCUT2D eigenvalue weighted by molar-refractivity contribution is -0.679. The Morgan fingerprint density at radius 2 is 1.45 bits per heavy atom. The molecule has 0 radical (unpaired) electrons. The molecule has 0 aliphatic carbocycles. The first-order valence-corrected chi connectivity index (χ1v) is 14.0. The summed E-state index contributed by atoms with van der Waals surface area (Å²) in [7, 11) is 3.46. The standard InChI is InChI=1S/C31H47N2O4.HI/c1-5-6-7-8-9-10-11-12-13-14-15-18-23-37-29-21-20-27(24-30(29)36-4)31(35)33(26(2)34)25-28-19-16-17-22-32(28)3;/h16-17,19-22,24H,5-15,18,23,25H2,1-4H3;1H/q+1;/p-1. The number of hydrogen-bond donors (Lipinski definition) is 0. The molecule has 212 valence electrons. The van der Waals surface area contributed by atoms with Crippen molar-refractivity contribution in [2.24, 2.45) is 7.05 Å². The molecule has 7 heteroatoms. The number of unbranched alkanes of at least 4 members (excludes halogenated alkanes) is 11. The van der Waals surface area contributed by atoms with Crippen molar-refractivity contribution in [1.29, 1.82) is 0 Å². The molecule has 0 aliphatic rings. The summed E-state index contributed by atoms with van der Waals surface area (Å²) in [6.45, 7) is 4.49. The molecular weight excluding hydrogens is 591 g/mol. The number of aryl methyl sites for hydroxylation is 1. The number of amides is 2. The number of benzene rings is 1. The fourth-order valence-corrected chi connectivity index (χ4v) is 4.41. The van der Waals surface area contributed by atoms with Gasteiger partial charge in [0, 0.05) is 24.6 Å². The molecule has 2 aromatic rings. The summed E-state index contributed by atoms with van der Waals surface area (Å²) in [6.07, 6.45) is 17.5. The summed E-state index contributed by atoms with van der Waals surface area (Å²) in [6, 6.07) is 10.8. The number of rotatable bonds is 18. The van der Waals surface area contributed by atoms with Crippen LogP contribution in [0.3, 0.4) is 0 Å². The Kier molecular flexibility index (Phi) is 17.7. The van der Waals surface area contributed by atoms with Crippen LogP contribution in [-0.2, 0) is 18.4 Å². The van der Waals surface area contributed by atoms with Crippen LogP contribution >= 0.6 is 0 Å². The van der Waals surface area contributed by atoms with Crippen LogP contribution in [0.4, 0.5) is 0 Å². The maximum Gasteiger partial charge on any atom is 0.261 e. The van der Waals surface area contributed by atoms with E-state index in [9.17, 15) is 9.59 Å². The van der Waals surface area contributed by atoms with Gasteiger partial charge in [-0.3, -0.25) is 14.5 Å². The quantitative estimate of drug-likeness (QED) is 0.142. The van der Waals surface area contributed by atoms with Gasteiger partial charge in [-0.05, 0) is 24.6 Å². The Morgan fingerprint density at radius 1 is 0.842 bits per heavy atom. The molecule has 0 saturated carbocycles. The molecule has 2 amide bonds. The van der Waals surface area contributed by atoms with E-state index < -0.39 is 0 Å². The van der Waals surface area contributed by atoms with Crippen molar-refractivity contribution in [3.63, 3.8) is 0 Å². The lowest BCUT2D eigenvalue weighted by Crippen LogP contribution is -3.00. The molecule has 0 aliphatic heterocycles. The first-order valence-electron chi connectivity index (χ1n) is 14.0. The third-order valence-electron chi connectivity index (χ3n) is 6.77. The van der Waals surface area contributed by atoms with Gasteiger partial charge < -0.3 is 33.5 Å². The highest BCUT2D eigenvalue weighted by atomic mass is 127. The fraction of sp³-hybridized carbons (Fsp3) is 0.581. The van der Waals surface area contributed by atoms with E-state index >= 15 is 0 Å². The van der Waals surface area contributed by atoms with Crippen molar-refractivity contribution in [2.75, 3.05) is 13.7 Å². The molecule has 0 atom stereocenters. The maximum atomic E-state index is 13.2. The smallest absolute Gasteiger partial charge is 0.261 e. The Labute approximate surface area is 247 Å². The minimum atomic E-state index is -0.359. The normalized spacial score (nSPS) is 10.5. The zero-order valence-electron chi connectivity index (χ0n) is 23.8. The monoisotopic (exact) mass is 638 g/mol. The van der Waals surface area contributed by atoms with Gasteiger partial charge in [-0.1, -0.05) is 83.6 Å². The summed E-state index contributed by atoms with van der Waals surface area (Å²) in [5, 5.41) is 0. The molecule has 0 spiro atoms. The van der Waals surface area contributed by atoms with Gasteiger partial charge in [-0.25, -0.2) is 4.57 Å². The Balaban J connectivity index is 0.00000722. The van der Waals surface area contributed by atoms with Gasteiger partial charge in [0.05, 0.1) is 13.7 Å². The zero-order chi connectivity index (χ0) is 26.9. The van der Waals surface area contributed by atoms with Crippen molar-refractivity contribution < 1.29 is 47.6 Å². The van der Waals surface area contributed by atoms with E-state index in [1.54, 1.807) is 25.3 Å². The van der Waals surface area contributed by atoms with Gasteiger partial charge >= 0.3 is 0 Å².